The van der Waals surface area contributed by atoms with Gasteiger partial charge in [-0.25, -0.2) is 9.37 Å². The molecule has 1 amide bonds. The number of aryl methyl sites for hydroxylation is 1. The summed E-state index contributed by atoms with van der Waals surface area (Å²) in [5.41, 5.74) is 7.30. The zero-order valence-corrected chi connectivity index (χ0v) is 15.4. The van der Waals surface area contributed by atoms with Crippen LogP contribution in [-0.2, 0) is 0 Å². The van der Waals surface area contributed by atoms with Gasteiger partial charge >= 0.3 is 0 Å². The van der Waals surface area contributed by atoms with Gasteiger partial charge in [-0.15, -0.1) is 11.3 Å². The Balaban J connectivity index is 1.65. The number of halogens is 1. The van der Waals surface area contributed by atoms with E-state index in [4.69, 9.17) is 12.2 Å². The summed E-state index contributed by atoms with van der Waals surface area (Å²) in [5.74, 6) is -0.672. The Labute approximate surface area is 159 Å². The number of amides is 1. The number of rotatable bonds is 3. The van der Waals surface area contributed by atoms with Crippen molar-refractivity contribution in [3.8, 4) is 11.3 Å². The van der Waals surface area contributed by atoms with Gasteiger partial charge in [-0.1, -0.05) is 30.3 Å². The number of anilines is 1. The lowest BCUT2D eigenvalue weighted by Gasteiger charge is -2.11. The van der Waals surface area contributed by atoms with Gasteiger partial charge < -0.3 is 5.32 Å². The molecule has 132 valence electrons. The Morgan fingerprint density at radius 2 is 1.77 bits per heavy atom. The number of hydrazine groups is 1. The molecule has 1 heterocycles. The van der Waals surface area contributed by atoms with Crippen LogP contribution in [0.2, 0.25) is 0 Å². The number of nitrogens with one attached hydrogen (secondary N) is 3. The molecule has 5 nitrogen and oxygen atoms in total. The molecule has 0 aliphatic carbocycles. The molecule has 26 heavy (non-hydrogen) atoms. The zero-order valence-electron chi connectivity index (χ0n) is 13.7. The molecular formula is C18H15FN4OS2. The SMILES string of the molecule is Cc1nc(-c2ccccc2)c(C(=O)NNC(=S)Nc2ccc(F)cc2)s1. The molecule has 0 saturated heterocycles. The number of benzene rings is 2. The molecule has 0 saturated carbocycles. The molecule has 0 unspecified atom stereocenters. The van der Waals surface area contributed by atoms with Gasteiger partial charge in [-0.3, -0.25) is 15.6 Å². The number of aromatic nitrogens is 1. The standard InChI is InChI=1S/C18H15FN4OS2/c1-11-20-15(12-5-3-2-4-6-12)16(26-11)17(24)22-23-18(25)21-14-9-7-13(19)8-10-14/h2-10H,1H3,(H,22,24)(H2,21,23,25). The van der Waals surface area contributed by atoms with E-state index in [9.17, 15) is 9.18 Å². The van der Waals surface area contributed by atoms with E-state index >= 15 is 0 Å². The number of thiazole rings is 1. The lowest BCUT2D eigenvalue weighted by atomic mass is 10.1. The average Bonchev–Trinajstić information content (AvgIpc) is 3.04. The molecule has 3 N–H and O–H groups in total. The van der Waals surface area contributed by atoms with Crippen LogP contribution in [0.25, 0.3) is 11.3 Å². The third kappa shape index (κ3) is 4.41. The van der Waals surface area contributed by atoms with Crippen molar-refractivity contribution in [3.63, 3.8) is 0 Å². The van der Waals surface area contributed by atoms with Crippen LogP contribution in [-0.4, -0.2) is 16.0 Å². The summed E-state index contributed by atoms with van der Waals surface area (Å²) < 4.78 is 12.9. The minimum Gasteiger partial charge on any atom is -0.331 e. The fraction of sp³-hybridized carbons (Fsp3) is 0.0556. The second-order valence-electron chi connectivity index (χ2n) is 5.32. The Morgan fingerprint density at radius 1 is 1.08 bits per heavy atom. The maximum atomic E-state index is 12.9. The van der Waals surface area contributed by atoms with Crippen molar-refractivity contribution in [2.45, 2.75) is 6.92 Å². The van der Waals surface area contributed by atoms with Crippen LogP contribution >= 0.6 is 23.6 Å². The molecule has 2 aromatic carbocycles. The molecule has 0 aliphatic rings. The van der Waals surface area contributed by atoms with Crippen molar-refractivity contribution in [2.24, 2.45) is 0 Å². The summed E-state index contributed by atoms with van der Waals surface area (Å²) in [6.07, 6.45) is 0. The Hall–Kier alpha value is -2.84. The highest BCUT2D eigenvalue weighted by atomic mass is 32.1. The molecule has 1 aromatic heterocycles. The van der Waals surface area contributed by atoms with Gasteiger partial charge in [0, 0.05) is 11.3 Å². The molecule has 0 spiro atoms. The number of hydrogen-bond acceptors (Lipinski definition) is 4. The lowest BCUT2D eigenvalue weighted by molar-refractivity contribution is 0.0948. The first-order valence-corrected chi connectivity index (χ1v) is 8.91. The fourth-order valence-corrected chi connectivity index (χ4v) is 3.24. The summed E-state index contributed by atoms with van der Waals surface area (Å²) in [6, 6.07) is 15.2. The zero-order chi connectivity index (χ0) is 18.5. The molecule has 0 atom stereocenters. The molecule has 3 aromatic rings. The van der Waals surface area contributed by atoms with E-state index in [1.165, 1.54) is 23.5 Å². The van der Waals surface area contributed by atoms with E-state index < -0.39 is 0 Å². The maximum absolute atomic E-state index is 12.9. The highest BCUT2D eigenvalue weighted by Crippen LogP contribution is 2.27. The lowest BCUT2D eigenvalue weighted by Crippen LogP contribution is -2.43. The van der Waals surface area contributed by atoms with Crippen LogP contribution in [0.3, 0.4) is 0 Å². The van der Waals surface area contributed by atoms with Gasteiger partial charge in [0.2, 0.25) is 0 Å². The van der Waals surface area contributed by atoms with Crippen molar-refractivity contribution in [1.29, 1.82) is 0 Å². The molecular weight excluding hydrogens is 371 g/mol. The number of thiocarbonyl (C=S) groups is 1. The van der Waals surface area contributed by atoms with Crippen LogP contribution < -0.4 is 16.2 Å². The first-order valence-electron chi connectivity index (χ1n) is 7.68. The normalized spacial score (nSPS) is 10.2. The van der Waals surface area contributed by atoms with Gasteiger partial charge in [-0.05, 0) is 43.4 Å². The van der Waals surface area contributed by atoms with Gasteiger partial charge in [0.05, 0.1) is 10.7 Å². The van der Waals surface area contributed by atoms with Crippen molar-refractivity contribution >= 4 is 40.3 Å². The molecule has 8 heteroatoms. The summed E-state index contributed by atoms with van der Waals surface area (Å²) in [6.45, 7) is 1.85. The number of carbonyl (C=O) groups is 1. The molecule has 0 bridgehead atoms. The second kappa shape index (κ2) is 8.03. The number of carbonyl (C=O) groups excluding carboxylic acids is 1. The van der Waals surface area contributed by atoms with Crippen LogP contribution in [0, 0.1) is 12.7 Å². The van der Waals surface area contributed by atoms with Gasteiger partial charge in [0.15, 0.2) is 5.11 Å². The van der Waals surface area contributed by atoms with Gasteiger partial charge in [-0.2, -0.15) is 0 Å². The highest BCUT2D eigenvalue weighted by molar-refractivity contribution is 7.80. The largest absolute Gasteiger partial charge is 0.331 e. The molecule has 0 aliphatic heterocycles. The molecule has 3 rings (SSSR count). The van der Waals surface area contributed by atoms with Gasteiger partial charge in [0.25, 0.3) is 5.91 Å². The molecule has 0 fully saturated rings. The Bertz CT molecular complexity index is 926. The summed E-state index contributed by atoms with van der Waals surface area (Å²) in [7, 11) is 0. The first kappa shape index (κ1) is 18.0. The minimum atomic E-state index is -0.336. The number of nitrogens with zero attached hydrogens (tertiary/aromatic N) is 1. The van der Waals surface area contributed by atoms with Crippen LogP contribution in [0.1, 0.15) is 14.7 Å². The van der Waals surface area contributed by atoms with Crippen LogP contribution in [0.4, 0.5) is 10.1 Å². The van der Waals surface area contributed by atoms with Crippen molar-refractivity contribution < 1.29 is 9.18 Å². The minimum absolute atomic E-state index is 0.187. The quantitative estimate of drug-likeness (QED) is 0.471. The first-order chi connectivity index (χ1) is 12.5. The topological polar surface area (TPSA) is 66.0 Å². The van der Waals surface area contributed by atoms with E-state index in [0.717, 1.165) is 10.6 Å². The maximum Gasteiger partial charge on any atom is 0.282 e. The van der Waals surface area contributed by atoms with Crippen molar-refractivity contribution in [3.05, 3.63) is 70.3 Å². The molecule has 0 radical (unpaired) electrons. The van der Waals surface area contributed by atoms with Gasteiger partial charge in [0.1, 0.15) is 10.7 Å². The van der Waals surface area contributed by atoms with E-state index in [-0.39, 0.29) is 16.8 Å². The monoisotopic (exact) mass is 386 g/mol. The summed E-state index contributed by atoms with van der Waals surface area (Å²) in [4.78, 5) is 17.5. The van der Waals surface area contributed by atoms with E-state index in [2.05, 4.69) is 21.2 Å². The fourth-order valence-electron chi connectivity index (χ4n) is 2.24. The Morgan fingerprint density at radius 3 is 2.46 bits per heavy atom. The van der Waals surface area contributed by atoms with E-state index in [1.54, 1.807) is 12.1 Å². The Kier molecular flexibility index (Phi) is 5.55. The van der Waals surface area contributed by atoms with Crippen LogP contribution in [0.15, 0.2) is 54.6 Å². The smallest absolute Gasteiger partial charge is 0.282 e. The average molecular weight is 386 g/mol. The predicted molar refractivity (Wildman–Crippen MR) is 106 cm³/mol. The third-order valence-corrected chi connectivity index (χ3v) is 4.55. The van der Waals surface area contributed by atoms with Crippen molar-refractivity contribution in [2.75, 3.05) is 5.32 Å². The summed E-state index contributed by atoms with van der Waals surface area (Å²) >= 11 is 6.43. The predicted octanol–water partition coefficient (Wildman–Crippen LogP) is 3.89. The van der Waals surface area contributed by atoms with E-state index in [1.807, 2.05) is 37.3 Å². The highest BCUT2D eigenvalue weighted by Gasteiger charge is 2.18. The van der Waals surface area contributed by atoms with E-state index in [0.29, 0.717) is 16.3 Å². The summed E-state index contributed by atoms with van der Waals surface area (Å²) in [5, 5.41) is 3.83. The third-order valence-electron chi connectivity index (χ3n) is 3.38. The second-order valence-corrected chi connectivity index (χ2v) is 6.93. The van der Waals surface area contributed by atoms with Crippen LogP contribution in [0.5, 0.6) is 0 Å². The number of hydrogen-bond donors (Lipinski definition) is 3. The van der Waals surface area contributed by atoms with Crippen molar-refractivity contribution in [1.82, 2.24) is 15.8 Å².